The number of hydrogen-bond acceptors (Lipinski definition) is 3. The summed E-state index contributed by atoms with van der Waals surface area (Å²) < 4.78 is 5.69. The number of aliphatic hydroxyl groups is 1. The molecule has 0 bridgehead atoms. The second-order valence-corrected chi connectivity index (χ2v) is 5.18. The zero-order valence-corrected chi connectivity index (χ0v) is 10.4. The van der Waals surface area contributed by atoms with E-state index in [1.807, 2.05) is 18.2 Å². The Morgan fingerprint density at radius 2 is 2.06 bits per heavy atom. The van der Waals surface area contributed by atoms with Gasteiger partial charge in [0.2, 0.25) is 0 Å². The maximum absolute atomic E-state index is 9.71. The van der Waals surface area contributed by atoms with Gasteiger partial charge in [0.1, 0.15) is 18.1 Å². The Kier molecular flexibility index (Phi) is 3.13. The second-order valence-electron chi connectivity index (χ2n) is 5.18. The largest absolute Gasteiger partial charge is 0.507 e. The Labute approximate surface area is 107 Å². The molecule has 96 valence electrons. The van der Waals surface area contributed by atoms with Gasteiger partial charge in [0.05, 0.1) is 0 Å². The van der Waals surface area contributed by atoms with Crippen molar-refractivity contribution < 1.29 is 9.84 Å². The standard InChI is InChI=1S/C15H19NO2/c17-13(9-16-12-7-8-12)10-18-15-4-2-1-3-14(15)11-5-6-11/h1-4,9,11-12,16-17H,5-8,10H2/b13-9+. The van der Waals surface area contributed by atoms with Gasteiger partial charge in [0.15, 0.2) is 0 Å². The van der Waals surface area contributed by atoms with E-state index in [0.29, 0.717) is 12.0 Å². The molecule has 0 unspecified atom stereocenters. The van der Waals surface area contributed by atoms with Crippen molar-refractivity contribution in [1.29, 1.82) is 0 Å². The highest BCUT2D eigenvalue weighted by molar-refractivity contribution is 5.38. The molecule has 0 atom stereocenters. The first-order chi connectivity index (χ1) is 8.83. The van der Waals surface area contributed by atoms with Crippen LogP contribution < -0.4 is 10.1 Å². The summed E-state index contributed by atoms with van der Waals surface area (Å²) in [4.78, 5) is 0. The third-order valence-electron chi connectivity index (χ3n) is 3.37. The number of aliphatic hydroxyl groups excluding tert-OH is 1. The van der Waals surface area contributed by atoms with Gasteiger partial charge in [-0.15, -0.1) is 0 Å². The second kappa shape index (κ2) is 4.92. The Bertz CT molecular complexity index is 448. The topological polar surface area (TPSA) is 41.5 Å². The molecule has 18 heavy (non-hydrogen) atoms. The van der Waals surface area contributed by atoms with Crippen LogP contribution >= 0.6 is 0 Å². The zero-order valence-electron chi connectivity index (χ0n) is 10.4. The van der Waals surface area contributed by atoms with E-state index in [-0.39, 0.29) is 12.4 Å². The summed E-state index contributed by atoms with van der Waals surface area (Å²) in [6.45, 7) is 0.240. The summed E-state index contributed by atoms with van der Waals surface area (Å²) in [6, 6.07) is 8.69. The quantitative estimate of drug-likeness (QED) is 0.757. The lowest BCUT2D eigenvalue weighted by Gasteiger charge is -2.10. The van der Waals surface area contributed by atoms with Crippen molar-refractivity contribution in [1.82, 2.24) is 5.32 Å². The molecule has 0 radical (unpaired) electrons. The van der Waals surface area contributed by atoms with Crippen LogP contribution in [-0.2, 0) is 0 Å². The highest BCUT2D eigenvalue weighted by Crippen LogP contribution is 2.44. The van der Waals surface area contributed by atoms with Crippen molar-refractivity contribution >= 4 is 0 Å². The molecular formula is C15H19NO2. The molecule has 3 rings (SSSR count). The van der Waals surface area contributed by atoms with Crippen LogP contribution in [0.5, 0.6) is 5.75 Å². The van der Waals surface area contributed by atoms with E-state index in [1.165, 1.54) is 31.2 Å². The molecule has 1 aromatic rings. The van der Waals surface area contributed by atoms with E-state index in [2.05, 4.69) is 11.4 Å². The maximum atomic E-state index is 9.71. The molecule has 2 N–H and O–H groups in total. The van der Waals surface area contributed by atoms with Gasteiger partial charge in [-0.25, -0.2) is 0 Å². The monoisotopic (exact) mass is 245 g/mol. The molecular weight excluding hydrogens is 226 g/mol. The van der Waals surface area contributed by atoms with E-state index < -0.39 is 0 Å². The third kappa shape index (κ3) is 2.97. The van der Waals surface area contributed by atoms with E-state index >= 15 is 0 Å². The number of nitrogens with one attached hydrogen (secondary N) is 1. The van der Waals surface area contributed by atoms with Crippen molar-refractivity contribution in [3.8, 4) is 5.75 Å². The predicted molar refractivity (Wildman–Crippen MR) is 70.8 cm³/mol. The molecule has 0 heterocycles. The van der Waals surface area contributed by atoms with Gasteiger partial charge in [-0.05, 0) is 43.2 Å². The first-order valence-corrected chi connectivity index (χ1v) is 6.69. The van der Waals surface area contributed by atoms with Crippen molar-refractivity contribution in [2.75, 3.05) is 6.61 Å². The molecule has 0 spiro atoms. The van der Waals surface area contributed by atoms with Crippen LogP contribution in [0.1, 0.15) is 37.2 Å². The molecule has 1 aromatic carbocycles. The lowest BCUT2D eigenvalue weighted by molar-refractivity contribution is 0.266. The number of hydrogen-bond donors (Lipinski definition) is 2. The first kappa shape index (κ1) is 11.5. The number of ether oxygens (including phenoxy) is 1. The molecule has 2 fully saturated rings. The predicted octanol–water partition coefficient (Wildman–Crippen LogP) is 3.09. The molecule has 2 aliphatic carbocycles. The van der Waals surface area contributed by atoms with Crippen molar-refractivity contribution in [2.45, 2.75) is 37.6 Å². The van der Waals surface area contributed by atoms with Gasteiger partial charge in [0.25, 0.3) is 0 Å². The molecule has 3 nitrogen and oxygen atoms in total. The van der Waals surface area contributed by atoms with Crippen molar-refractivity contribution in [2.24, 2.45) is 0 Å². The Balaban J connectivity index is 1.56. The highest BCUT2D eigenvalue weighted by atomic mass is 16.5. The zero-order chi connectivity index (χ0) is 12.4. The first-order valence-electron chi connectivity index (χ1n) is 6.69. The summed E-state index contributed by atoms with van der Waals surface area (Å²) in [5.74, 6) is 1.83. The van der Waals surface area contributed by atoms with Gasteiger partial charge in [-0.1, -0.05) is 18.2 Å². The highest BCUT2D eigenvalue weighted by Gasteiger charge is 2.26. The van der Waals surface area contributed by atoms with Gasteiger partial charge in [0, 0.05) is 12.2 Å². The fourth-order valence-electron chi connectivity index (χ4n) is 2.00. The molecule has 0 amide bonds. The molecule has 3 heteroatoms. The minimum absolute atomic E-state index is 0.240. The van der Waals surface area contributed by atoms with Crippen LogP contribution in [0, 0.1) is 0 Å². The molecule has 0 aliphatic heterocycles. The normalized spacial score (nSPS) is 19.7. The molecule has 0 saturated heterocycles. The van der Waals surface area contributed by atoms with Crippen LogP contribution in [0.25, 0.3) is 0 Å². The number of benzene rings is 1. The Morgan fingerprint density at radius 3 is 2.78 bits per heavy atom. The summed E-state index contributed by atoms with van der Waals surface area (Å²) >= 11 is 0. The van der Waals surface area contributed by atoms with Gasteiger partial charge < -0.3 is 15.2 Å². The van der Waals surface area contributed by atoms with E-state index in [9.17, 15) is 5.11 Å². The Hall–Kier alpha value is -1.64. The van der Waals surface area contributed by atoms with Crippen LogP contribution in [0.2, 0.25) is 0 Å². The van der Waals surface area contributed by atoms with Crippen LogP contribution in [0.15, 0.2) is 36.2 Å². The van der Waals surface area contributed by atoms with E-state index in [4.69, 9.17) is 4.74 Å². The summed E-state index contributed by atoms with van der Waals surface area (Å²) in [5, 5.41) is 12.9. The maximum Gasteiger partial charge on any atom is 0.146 e. The van der Waals surface area contributed by atoms with Crippen LogP contribution in [0.3, 0.4) is 0 Å². The van der Waals surface area contributed by atoms with Crippen LogP contribution in [-0.4, -0.2) is 17.8 Å². The average Bonchev–Trinajstić information content (AvgIpc) is 3.28. The third-order valence-corrected chi connectivity index (χ3v) is 3.37. The summed E-state index contributed by atoms with van der Waals surface area (Å²) in [7, 11) is 0. The van der Waals surface area contributed by atoms with E-state index in [1.54, 1.807) is 6.20 Å². The van der Waals surface area contributed by atoms with Gasteiger partial charge >= 0.3 is 0 Å². The molecule has 2 saturated carbocycles. The lowest BCUT2D eigenvalue weighted by atomic mass is 10.1. The minimum atomic E-state index is 0.240. The van der Waals surface area contributed by atoms with E-state index in [0.717, 1.165) is 5.75 Å². The molecule has 2 aliphatic rings. The summed E-state index contributed by atoms with van der Waals surface area (Å²) in [5.41, 5.74) is 1.28. The SMILES string of the molecule is O/C(=C/NC1CC1)COc1ccccc1C1CC1. The average molecular weight is 245 g/mol. The van der Waals surface area contributed by atoms with Gasteiger partial charge in [-0.2, -0.15) is 0 Å². The van der Waals surface area contributed by atoms with Crippen molar-refractivity contribution in [3.05, 3.63) is 41.8 Å². The smallest absolute Gasteiger partial charge is 0.146 e. The fraction of sp³-hybridized carbons (Fsp3) is 0.467. The fourth-order valence-corrected chi connectivity index (χ4v) is 2.00. The van der Waals surface area contributed by atoms with Crippen molar-refractivity contribution in [3.63, 3.8) is 0 Å². The number of para-hydroxylation sites is 1. The summed E-state index contributed by atoms with van der Waals surface area (Å²) in [6.07, 6.45) is 6.58. The lowest BCUT2D eigenvalue weighted by Crippen LogP contribution is -2.11. The molecule has 0 aromatic heterocycles. The number of rotatable bonds is 6. The Morgan fingerprint density at radius 1 is 1.28 bits per heavy atom. The minimum Gasteiger partial charge on any atom is -0.507 e. The van der Waals surface area contributed by atoms with Gasteiger partial charge in [-0.3, -0.25) is 0 Å². The van der Waals surface area contributed by atoms with Crippen LogP contribution in [0.4, 0.5) is 0 Å².